The Morgan fingerprint density at radius 1 is 1.47 bits per heavy atom. The number of nitrogens with zero attached hydrogens (tertiary/aromatic N) is 1. The number of aryl methyl sites for hydroxylation is 1. The third-order valence-electron chi connectivity index (χ3n) is 2.03. The summed E-state index contributed by atoms with van der Waals surface area (Å²) in [6.07, 6.45) is 0. The number of nitro groups is 1. The summed E-state index contributed by atoms with van der Waals surface area (Å²) in [5.41, 5.74) is 0.504. The van der Waals surface area contributed by atoms with Crippen molar-refractivity contribution in [1.82, 2.24) is 0 Å². The second-order valence-corrected chi connectivity index (χ2v) is 3.30. The molecular formula is C11H13NO5. The molecule has 92 valence electrons. The van der Waals surface area contributed by atoms with Crippen LogP contribution in [0.4, 0.5) is 5.69 Å². The van der Waals surface area contributed by atoms with Gasteiger partial charge in [0.2, 0.25) is 0 Å². The molecule has 1 aromatic carbocycles. The van der Waals surface area contributed by atoms with E-state index in [0.29, 0.717) is 17.9 Å². The van der Waals surface area contributed by atoms with Gasteiger partial charge in [0.1, 0.15) is 5.75 Å². The molecule has 0 radical (unpaired) electrons. The van der Waals surface area contributed by atoms with Crippen molar-refractivity contribution in [3.05, 3.63) is 33.9 Å². The summed E-state index contributed by atoms with van der Waals surface area (Å²) >= 11 is 0. The molecule has 1 rings (SSSR count). The van der Waals surface area contributed by atoms with Crippen LogP contribution in [0.1, 0.15) is 12.5 Å². The zero-order valence-electron chi connectivity index (χ0n) is 9.63. The van der Waals surface area contributed by atoms with Crippen LogP contribution in [0.25, 0.3) is 0 Å². The van der Waals surface area contributed by atoms with Crippen LogP contribution in [0, 0.1) is 17.0 Å². The molecule has 0 unspecified atom stereocenters. The largest absolute Gasteiger partial charge is 0.482 e. The molecule has 6 nitrogen and oxygen atoms in total. The summed E-state index contributed by atoms with van der Waals surface area (Å²) in [7, 11) is 0. The van der Waals surface area contributed by atoms with Crippen molar-refractivity contribution < 1.29 is 19.2 Å². The molecule has 0 spiro atoms. The fourth-order valence-electron chi connectivity index (χ4n) is 1.27. The molecule has 0 heterocycles. The predicted molar refractivity (Wildman–Crippen MR) is 60.0 cm³/mol. The summed E-state index contributed by atoms with van der Waals surface area (Å²) in [6, 6.07) is 4.30. The minimum Gasteiger partial charge on any atom is -0.482 e. The first-order chi connectivity index (χ1) is 8.04. The van der Waals surface area contributed by atoms with Crippen molar-refractivity contribution in [3.63, 3.8) is 0 Å². The number of benzene rings is 1. The quantitative estimate of drug-likeness (QED) is 0.445. The maximum absolute atomic E-state index is 11.0. The van der Waals surface area contributed by atoms with E-state index in [9.17, 15) is 14.9 Å². The van der Waals surface area contributed by atoms with Crippen molar-refractivity contribution in [2.24, 2.45) is 0 Å². The highest BCUT2D eigenvalue weighted by Gasteiger charge is 2.11. The van der Waals surface area contributed by atoms with Crippen LogP contribution in [0.2, 0.25) is 0 Å². The standard InChI is InChI=1S/C11H13NO5/c1-3-16-11(13)7-17-9-4-5-10(12(14)15)8(2)6-9/h4-6H,3,7H2,1-2H3. The number of esters is 1. The Bertz CT molecular complexity index is 430. The lowest BCUT2D eigenvalue weighted by Crippen LogP contribution is -2.14. The summed E-state index contributed by atoms with van der Waals surface area (Å²) in [4.78, 5) is 21.1. The van der Waals surface area contributed by atoms with E-state index in [1.54, 1.807) is 13.8 Å². The Labute approximate surface area is 98.3 Å². The molecule has 0 aliphatic rings. The number of carbonyl (C=O) groups is 1. The van der Waals surface area contributed by atoms with Crippen LogP contribution >= 0.6 is 0 Å². The molecule has 0 aliphatic carbocycles. The molecule has 17 heavy (non-hydrogen) atoms. The van der Waals surface area contributed by atoms with E-state index in [4.69, 9.17) is 4.74 Å². The monoisotopic (exact) mass is 239 g/mol. The van der Waals surface area contributed by atoms with Crippen molar-refractivity contribution in [3.8, 4) is 5.75 Å². The fourth-order valence-corrected chi connectivity index (χ4v) is 1.27. The van der Waals surface area contributed by atoms with E-state index in [1.807, 2.05) is 0 Å². The summed E-state index contributed by atoms with van der Waals surface area (Å²) in [5.74, 6) is -0.0651. The molecule has 0 atom stereocenters. The number of carbonyl (C=O) groups excluding carboxylic acids is 1. The molecule has 0 aliphatic heterocycles. The zero-order chi connectivity index (χ0) is 12.8. The first-order valence-electron chi connectivity index (χ1n) is 5.08. The van der Waals surface area contributed by atoms with Crippen LogP contribution in [-0.4, -0.2) is 24.1 Å². The van der Waals surface area contributed by atoms with Crippen molar-refractivity contribution in [2.75, 3.05) is 13.2 Å². The van der Waals surface area contributed by atoms with Gasteiger partial charge in [-0.05, 0) is 26.0 Å². The molecule has 0 amide bonds. The molecule has 0 N–H and O–H groups in total. The lowest BCUT2D eigenvalue weighted by molar-refractivity contribution is -0.385. The number of nitro benzene ring substituents is 1. The minimum absolute atomic E-state index is 0.0217. The smallest absolute Gasteiger partial charge is 0.344 e. The van der Waals surface area contributed by atoms with Crippen LogP contribution < -0.4 is 4.74 Å². The van der Waals surface area contributed by atoms with E-state index >= 15 is 0 Å². The first-order valence-corrected chi connectivity index (χ1v) is 5.08. The van der Waals surface area contributed by atoms with Crippen LogP contribution in [0.3, 0.4) is 0 Å². The number of rotatable bonds is 5. The Hall–Kier alpha value is -2.11. The normalized spacial score (nSPS) is 9.76. The Kier molecular flexibility index (Phi) is 4.45. The lowest BCUT2D eigenvalue weighted by atomic mass is 10.2. The predicted octanol–water partition coefficient (Wildman–Crippen LogP) is 1.85. The van der Waals surface area contributed by atoms with Gasteiger partial charge in [-0.1, -0.05) is 0 Å². The zero-order valence-corrected chi connectivity index (χ0v) is 9.63. The molecule has 0 saturated heterocycles. The molecule has 0 bridgehead atoms. The van der Waals surface area contributed by atoms with Crippen molar-refractivity contribution in [2.45, 2.75) is 13.8 Å². The molecule has 0 aromatic heterocycles. The van der Waals surface area contributed by atoms with E-state index in [-0.39, 0.29) is 12.3 Å². The van der Waals surface area contributed by atoms with Gasteiger partial charge in [0.25, 0.3) is 5.69 Å². The Morgan fingerprint density at radius 3 is 2.71 bits per heavy atom. The SMILES string of the molecule is CCOC(=O)COc1ccc([N+](=O)[O-])c(C)c1. The van der Waals surface area contributed by atoms with Crippen molar-refractivity contribution >= 4 is 11.7 Å². The second-order valence-electron chi connectivity index (χ2n) is 3.30. The van der Waals surface area contributed by atoms with Crippen LogP contribution in [0.15, 0.2) is 18.2 Å². The maximum Gasteiger partial charge on any atom is 0.344 e. The molecule has 0 fully saturated rings. The van der Waals surface area contributed by atoms with E-state index in [2.05, 4.69) is 4.74 Å². The van der Waals surface area contributed by atoms with Gasteiger partial charge >= 0.3 is 5.97 Å². The number of hydrogen-bond acceptors (Lipinski definition) is 5. The maximum atomic E-state index is 11.0. The summed E-state index contributed by atoms with van der Waals surface area (Å²) < 4.78 is 9.82. The Morgan fingerprint density at radius 2 is 2.18 bits per heavy atom. The summed E-state index contributed by atoms with van der Waals surface area (Å²) in [6.45, 7) is 3.40. The fraction of sp³-hybridized carbons (Fsp3) is 0.364. The average molecular weight is 239 g/mol. The van der Waals surface area contributed by atoms with Gasteiger partial charge in [0, 0.05) is 11.6 Å². The van der Waals surface area contributed by atoms with Gasteiger partial charge in [-0.3, -0.25) is 10.1 Å². The van der Waals surface area contributed by atoms with Gasteiger partial charge in [-0.25, -0.2) is 4.79 Å². The number of ether oxygens (including phenoxy) is 2. The lowest BCUT2D eigenvalue weighted by Gasteiger charge is -2.06. The van der Waals surface area contributed by atoms with Gasteiger partial charge in [0.05, 0.1) is 11.5 Å². The third-order valence-corrected chi connectivity index (χ3v) is 2.03. The highest BCUT2D eigenvalue weighted by atomic mass is 16.6. The van der Waals surface area contributed by atoms with Gasteiger partial charge in [-0.2, -0.15) is 0 Å². The van der Waals surface area contributed by atoms with Gasteiger partial charge < -0.3 is 9.47 Å². The molecule has 1 aromatic rings. The van der Waals surface area contributed by atoms with Crippen molar-refractivity contribution in [1.29, 1.82) is 0 Å². The minimum atomic E-state index is -0.469. The van der Waals surface area contributed by atoms with E-state index < -0.39 is 10.9 Å². The third kappa shape index (κ3) is 3.75. The molecular weight excluding hydrogens is 226 g/mol. The molecule has 6 heteroatoms. The van der Waals surface area contributed by atoms with Gasteiger partial charge in [0.15, 0.2) is 6.61 Å². The highest BCUT2D eigenvalue weighted by Crippen LogP contribution is 2.22. The topological polar surface area (TPSA) is 78.7 Å². The van der Waals surface area contributed by atoms with E-state index in [1.165, 1.54) is 18.2 Å². The molecule has 0 saturated carbocycles. The van der Waals surface area contributed by atoms with Crippen LogP contribution in [0.5, 0.6) is 5.75 Å². The van der Waals surface area contributed by atoms with Crippen LogP contribution in [-0.2, 0) is 9.53 Å². The summed E-state index contributed by atoms with van der Waals surface area (Å²) in [5, 5.41) is 10.6. The average Bonchev–Trinajstić information content (AvgIpc) is 2.26. The second kappa shape index (κ2) is 5.83. The highest BCUT2D eigenvalue weighted by molar-refractivity contribution is 5.71. The first kappa shape index (κ1) is 13.0. The van der Waals surface area contributed by atoms with E-state index in [0.717, 1.165) is 0 Å². The Balaban J connectivity index is 2.65. The van der Waals surface area contributed by atoms with Gasteiger partial charge in [-0.15, -0.1) is 0 Å². The number of hydrogen-bond donors (Lipinski definition) is 0.